The number of nitrogens with zero attached hydrogens (tertiary/aromatic N) is 2. The molecule has 0 spiro atoms. The Morgan fingerprint density at radius 3 is 2.94 bits per heavy atom. The van der Waals surface area contributed by atoms with Gasteiger partial charge in [0.2, 0.25) is 0 Å². The van der Waals surface area contributed by atoms with Gasteiger partial charge in [0, 0.05) is 19.3 Å². The molecule has 1 N–H and O–H groups in total. The van der Waals surface area contributed by atoms with Gasteiger partial charge in [0.1, 0.15) is 0 Å². The molecule has 0 saturated carbocycles. The molecule has 1 fully saturated rings. The van der Waals surface area contributed by atoms with Gasteiger partial charge in [0.05, 0.1) is 12.9 Å². The summed E-state index contributed by atoms with van der Waals surface area (Å²) in [6, 6.07) is 0. The van der Waals surface area contributed by atoms with E-state index in [1.807, 2.05) is 6.34 Å². The summed E-state index contributed by atoms with van der Waals surface area (Å²) in [4.78, 5) is 6.24. The lowest BCUT2D eigenvalue weighted by molar-refractivity contribution is 0.355. The third-order valence-electron chi connectivity index (χ3n) is 3.43. The Hall–Kier alpha value is -0.860. The molecule has 0 aromatic heterocycles. The quantitative estimate of drug-likeness (QED) is 0.567. The third kappa shape index (κ3) is 4.33. The van der Waals surface area contributed by atoms with Crippen LogP contribution in [0.25, 0.3) is 0 Å². The predicted octanol–water partition coefficient (Wildman–Crippen LogP) is 2.81. The molecular weight excluding hydrogens is 198 g/mol. The zero-order valence-corrected chi connectivity index (χ0v) is 10.9. The van der Waals surface area contributed by atoms with Crippen LogP contribution in [0.2, 0.25) is 0 Å². The molecule has 0 aromatic rings. The third-order valence-corrected chi connectivity index (χ3v) is 3.43. The van der Waals surface area contributed by atoms with Gasteiger partial charge in [-0.2, -0.15) is 0 Å². The molecule has 3 nitrogen and oxygen atoms in total. The van der Waals surface area contributed by atoms with Crippen molar-refractivity contribution in [1.82, 2.24) is 4.90 Å². The van der Waals surface area contributed by atoms with Crippen LogP contribution in [0.1, 0.15) is 39.5 Å². The Bertz CT molecular complexity index is 248. The number of nitrogens with one attached hydrogen (secondary N) is 1. The maximum atomic E-state index is 8.03. The molecule has 1 aliphatic heterocycles. The van der Waals surface area contributed by atoms with E-state index in [0.717, 1.165) is 31.1 Å². The van der Waals surface area contributed by atoms with Gasteiger partial charge in [-0.3, -0.25) is 4.99 Å². The number of aliphatic imine (C=N–C) groups is 1. The highest BCUT2D eigenvalue weighted by molar-refractivity contribution is 5.85. The van der Waals surface area contributed by atoms with Gasteiger partial charge in [0.25, 0.3) is 0 Å². The van der Waals surface area contributed by atoms with Crippen molar-refractivity contribution in [1.29, 1.82) is 5.41 Å². The van der Waals surface area contributed by atoms with Crippen molar-refractivity contribution in [3.8, 4) is 0 Å². The summed E-state index contributed by atoms with van der Waals surface area (Å²) < 4.78 is 0. The maximum absolute atomic E-state index is 8.03. The second-order valence-electron chi connectivity index (χ2n) is 5.06. The molecule has 1 aliphatic rings. The number of hydrogen-bond donors (Lipinski definition) is 1. The first-order valence-electron chi connectivity index (χ1n) is 6.38. The fourth-order valence-electron chi connectivity index (χ4n) is 2.47. The number of rotatable bonds is 2. The molecule has 0 aromatic carbocycles. The van der Waals surface area contributed by atoms with Crippen molar-refractivity contribution in [3.63, 3.8) is 0 Å². The normalized spacial score (nSPS) is 28.9. The Labute approximate surface area is 99.5 Å². The zero-order chi connectivity index (χ0) is 12.0. The summed E-state index contributed by atoms with van der Waals surface area (Å²) in [5.74, 6) is 1.48. The standard InChI is InChI=1S/C13H25N3/c1-4-12-7-11(2)5-6-16(10-15-3)9-13(14)8-12/h10-12,14H,4-9H2,1-3H3/t11-,12?/m1/s1. The van der Waals surface area contributed by atoms with E-state index in [1.165, 1.54) is 19.3 Å². The lowest BCUT2D eigenvalue weighted by atomic mass is 9.88. The summed E-state index contributed by atoms with van der Waals surface area (Å²) in [7, 11) is 1.80. The van der Waals surface area contributed by atoms with E-state index in [2.05, 4.69) is 23.7 Å². The van der Waals surface area contributed by atoms with Crippen LogP contribution in [0, 0.1) is 17.2 Å². The first-order chi connectivity index (χ1) is 7.65. The van der Waals surface area contributed by atoms with Gasteiger partial charge in [0.15, 0.2) is 0 Å². The first-order valence-corrected chi connectivity index (χ1v) is 6.38. The van der Waals surface area contributed by atoms with Crippen LogP contribution in [0.5, 0.6) is 0 Å². The minimum Gasteiger partial charge on any atom is -0.357 e. The van der Waals surface area contributed by atoms with Crippen molar-refractivity contribution < 1.29 is 0 Å². The Kier molecular flexibility index (Phi) is 5.50. The van der Waals surface area contributed by atoms with Gasteiger partial charge < -0.3 is 10.3 Å². The fraction of sp³-hybridized carbons (Fsp3) is 0.846. The van der Waals surface area contributed by atoms with E-state index < -0.39 is 0 Å². The van der Waals surface area contributed by atoms with Crippen LogP contribution in [0.3, 0.4) is 0 Å². The minimum atomic E-state index is 0.709. The van der Waals surface area contributed by atoms with Gasteiger partial charge >= 0.3 is 0 Å². The summed E-state index contributed by atoms with van der Waals surface area (Å²) in [6.07, 6.45) is 6.54. The smallest absolute Gasteiger partial charge is 0.0849 e. The molecule has 0 aliphatic carbocycles. The average Bonchev–Trinajstić information content (AvgIpc) is 2.30. The predicted molar refractivity (Wildman–Crippen MR) is 70.5 cm³/mol. The highest BCUT2D eigenvalue weighted by atomic mass is 15.1. The molecule has 1 heterocycles. The van der Waals surface area contributed by atoms with Crippen LogP contribution in [-0.2, 0) is 0 Å². The SMILES string of the molecule is CCC1CC(=N)CN(C=NC)CC[C@@H](C)C1. The van der Waals surface area contributed by atoms with Crippen LogP contribution in [0.15, 0.2) is 4.99 Å². The molecule has 0 radical (unpaired) electrons. The minimum absolute atomic E-state index is 0.709. The van der Waals surface area contributed by atoms with Gasteiger partial charge in [-0.1, -0.05) is 20.3 Å². The average molecular weight is 223 g/mol. The summed E-state index contributed by atoms with van der Waals surface area (Å²) >= 11 is 0. The van der Waals surface area contributed by atoms with Gasteiger partial charge in [-0.05, 0) is 31.1 Å². The highest BCUT2D eigenvalue weighted by Gasteiger charge is 2.18. The van der Waals surface area contributed by atoms with E-state index in [1.54, 1.807) is 7.05 Å². The molecule has 1 unspecified atom stereocenters. The first kappa shape index (κ1) is 13.2. The molecular formula is C13H25N3. The van der Waals surface area contributed by atoms with E-state index in [9.17, 15) is 0 Å². The molecule has 1 saturated heterocycles. The lowest BCUT2D eigenvalue weighted by Crippen LogP contribution is -2.29. The van der Waals surface area contributed by atoms with E-state index in [-0.39, 0.29) is 0 Å². The molecule has 1 rings (SSSR count). The van der Waals surface area contributed by atoms with Gasteiger partial charge in [-0.25, -0.2) is 0 Å². The van der Waals surface area contributed by atoms with Crippen LogP contribution < -0.4 is 0 Å². The summed E-state index contributed by atoms with van der Waals surface area (Å²) in [5.41, 5.74) is 0.862. The van der Waals surface area contributed by atoms with Crippen molar-refractivity contribution in [2.75, 3.05) is 20.1 Å². The maximum Gasteiger partial charge on any atom is 0.0849 e. The Balaban J connectivity index is 2.64. The summed E-state index contributed by atoms with van der Waals surface area (Å²) in [6.45, 7) is 6.38. The van der Waals surface area contributed by atoms with Crippen LogP contribution in [-0.4, -0.2) is 37.1 Å². The van der Waals surface area contributed by atoms with E-state index >= 15 is 0 Å². The Morgan fingerprint density at radius 2 is 2.31 bits per heavy atom. The number of hydrogen-bond acceptors (Lipinski definition) is 2. The zero-order valence-electron chi connectivity index (χ0n) is 10.9. The van der Waals surface area contributed by atoms with Crippen molar-refractivity contribution in [3.05, 3.63) is 0 Å². The summed E-state index contributed by atoms with van der Waals surface area (Å²) in [5, 5.41) is 8.03. The molecule has 3 heteroatoms. The van der Waals surface area contributed by atoms with Crippen molar-refractivity contribution in [2.24, 2.45) is 16.8 Å². The van der Waals surface area contributed by atoms with Crippen LogP contribution in [0.4, 0.5) is 0 Å². The molecule has 16 heavy (non-hydrogen) atoms. The lowest BCUT2D eigenvalue weighted by Gasteiger charge is -2.19. The van der Waals surface area contributed by atoms with E-state index in [4.69, 9.17) is 5.41 Å². The molecule has 92 valence electrons. The molecule has 2 atom stereocenters. The molecule has 0 bridgehead atoms. The monoisotopic (exact) mass is 223 g/mol. The van der Waals surface area contributed by atoms with Crippen molar-refractivity contribution in [2.45, 2.75) is 39.5 Å². The van der Waals surface area contributed by atoms with Crippen LogP contribution >= 0.6 is 0 Å². The topological polar surface area (TPSA) is 39.5 Å². The van der Waals surface area contributed by atoms with E-state index in [0.29, 0.717) is 5.92 Å². The van der Waals surface area contributed by atoms with Crippen molar-refractivity contribution >= 4 is 12.1 Å². The Morgan fingerprint density at radius 1 is 1.56 bits per heavy atom. The fourth-order valence-corrected chi connectivity index (χ4v) is 2.47. The van der Waals surface area contributed by atoms with Gasteiger partial charge in [-0.15, -0.1) is 0 Å². The largest absolute Gasteiger partial charge is 0.357 e. The molecule has 0 amide bonds. The second kappa shape index (κ2) is 6.66. The highest BCUT2D eigenvalue weighted by Crippen LogP contribution is 2.23. The second-order valence-corrected chi connectivity index (χ2v) is 5.06.